The first-order valence-electron chi connectivity index (χ1n) is 12.6. The summed E-state index contributed by atoms with van der Waals surface area (Å²) >= 11 is 0. The van der Waals surface area contributed by atoms with E-state index in [4.69, 9.17) is 0 Å². The highest BCUT2D eigenvalue weighted by atomic mass is 19.1. The van der Waals surface area contributed by atoms with Crippen molar-refractivity contribution in [3.05, 3.63) is 96.4 Å². The van der Waals surface area contributed by atoms with E-state index in [0.29, 0.717) is 11.3 Å². The lowest BCUT2D eigenvalue weighted by Crippen LogP contribution is -2.45. The molecule has 1 N–H and O–H groups in total. The van der Waals surface area contributed by atoms with E-state index in [0.717, 1.165) is 60.7 Å². The molecule has 6 rings (SSSR count). The molecule has 0 unspecified atom stereocenters. The van der Waals surface area contributed by atoms with Crippen molar-refractivity contribution < 1.29 is 9.18 Å². The van der Waals surface area contributed by atoms with E-state index in [1.165, 1.54) is 17.2 Å². The number of carbonyl (C=O) groups excluding carboxylic acids is 1. The Morgan fingerprint density at radius 3 is 2.34 bits per heavy atom. The van der Waals surface area contributed by atoms with Crippen molar-refractivity contribution in [3.63, 3.8) is 0 Å². The summed E-state index contributed by atoms with van der Waals surface area (Å²) in [4.78, 5) is 17.3. The number of hydrogen-bond donors (Lipinski definition) is 1. The maximum atomic E-state index is 13.9. The van der Waals surface area contributed by atoms with Crippen molar-refractivity contribution in [3.8, 4) is 11.1 Å². The second-order valence-corrected chi connectivity index (χ2v) is 10.4. The van der Waals surface area contributed by atoms with Crippen LogP contribution in [0.4, 0.5) is 10.1 Å². The fraction of sp³-hybridized carbons (Fsp3) is 0.290. The second-order valence-electron chi connectivity index (χ2n) is 10.4. The number of anilines is 1. The number of halogens is 1. The van der Waals surface area contributed by atoms with Crippen LogP contribution in [0.25, 0.3) is 22.0 Å². The Morgan fingerprint density at radius 2 is 1.60 bits per heavy atom. The van der Waals surface area contributed by atoms with Crippen LogP contribution >= 0.6 is 0 Å². The normalized spacial score (nSPS) is 23.7. The van der Waals surface area contributed by atoms with E-state index in [1.807, 2.05) is 36.5 Å². The molecule has 0 aliphatic heterocycles. The third-order valence-corrected chi connectivity index (χ3v) is 8.21. The Balaban J connectivity index is 1.05. The van der Waals surface area contributed by atoms with Crippen molar-refractivity contribution in [2.45, 2.75) is 44.4 Å². The van der Waals surface area contributed by atoms with Gasteiger partial charge in [0.15, 0.2) is 0 Å². The minimum Gasteiger partial charge on any atom is -0.326 e. The predicted molar refractivity (Wildman–Crippen MR) is 139 cm³/mol. The average Bonchev–Trinajstić information content (AvgIpc) is 2.88. The molecule has 0 atom stereocenters. The van der Waals surface area contributed by atoms with Crippen molar-refractivity contribution in [1.82, 2.24) is 4.98 Å². The third kappa shape index (κ3) is 4.34. The smallest absolute Gasteiger partial charge is 0.227 e. The van der Waals surface area contributed by atoms with Crippen LogP contribution in [0, 0.1) is 17.2 Å². The van der Waals surface area contributed by atoms with Crippen LogP contribution in [-0.4, -0.2) is 10.9 Å². The standard InChI is InChI=1S/C31H29FN2O/c32-25-8-11-29-28(18-25)27(14-17-33-29)23-12-15-31(16-13-23)19-24(20-31)30(35)34-26-9-6-22(7-10-26)21-4-2-1-3-5-21/h1-11,14,17-18,23-24H,12-13,15-16,19-20H2,(H,34,35). The molecule has 2 aliphatic rings. The van der Waals surface area contributed by atoms with Crippen LogP contribution in [0.3, 0.4) is 0 Å². The summed E-state index contributed by atoms with van der Waals surface area (Å²) in [5.74, 6) is 0.461. The van der Waals surface area contributed by atoms with Crippen LogP contribution in [-0.2, 0) is 4.79 Å². The summed E-state index contributed by atoms with van der Waals surface area (Å²) in [6.07, 6.45) is 8.23. The summed E-state index contributed by atoms with van der Waals surface area (Å²) < 4.78 is 13.9. The zero-order valence-electron chi connectivity index (χ0n) is 19.7. The van der Waals surface area contributed by atoms with E-state index in [2.05, 4.69) is 40.6 Å². The number of amides is 1. The number of fused-ring (bicyclic) bond motifs is 1. The highest BCUT2D eigenvalue weighted by molar-refractivity contribution is 5.93. The molecule has 176 valence electrons. The molecule has 0 radical (unpaired) electrons. The lowest BCUT2D eigenvalue weighted by Gasteiger charge is -2.51. The van der Waals surface area contributed by atoms with Gasteiger partial charge in [0.05, 0.1) is 5.52 Å². The molecular weight excluding hydrogens is 435 g/mol. The minimum absolute atomic E-state index is 0.0937. The van der Waals surface area contributed by atoms with Gasteiger partial charge < -0.3 is 5.32 Å². The highest BCUT2D eigenvalue weighted by Gasteiger charge is 2.48. The number of nitrogens with one attached hydrogen (secondary N) is 1. The number of nitrogens with zero attached hydrogens (tertiary/aromatic N) is 1. The van der Waals surface area contributed by atoms with Gasteiger partial charge in [-0.15, -0.1) is 0 Å². The first-order chi connectivity index (χ1) is 17.1. The summed E-state index contributed by atoms with van der Waals surface area (Å²) in [6.45, 7) is 0. The minimum atomic E-state index is -0.207. The lowest BCUT2D eigenvalue weighted by molar-refractivity contribution is -0.128. The number of benzene rings is 3. The van der Waals surface area contributed by atoms with E-state index >= 15 is 0 Å². The fourth-order valence-electron chi connectivity index (χ4n) is 6.24. The Bertz CT molecular complexity index is 1350. The van der Waals surface area contributed by atoms with Gasteiger partial charge >= 0.3 is 0 Å². The van der Waals surface area contributed by atoms with Gasteiger partial charge in [-0.3, -0.25) is 9.78 Å². The quantitative estimate of drug-likeness (QED) is 0.336. The zero-order valence-corrected chi connectivity index (χ0v) is 19.7. The molecular formula is C31H29FN2O. The molecule has 0 saturated heterocycles. The van der Waals surface area contributed by atoms with Gasteiger partial charge in [0.25, 0.3) is 0 Å². The summed E-state index contributed by atoms with van der Waals surface area (Å²) in [5, 5.41) is 4.07. The lowest BCUT2D eigenvalue weighted by atomic mass is 9.54. The van der Waals surface area contributed by atoms with Crippen LogP contribution in [0.1, 0.15) is 50.0 Å². The molecule has 3 aromatic carbocycles. The molecule has 2 saturated carbocycles. The molecule has 1 heterocycles. The average molecular weight is 465 g/mol. The maximum Gasteiger partial charge on any atom is 0.227 e. The van der Waals surface area contributed by atoms with Crippen LogP contribution < -0.4 is 5.32 Å². The van der Waals surface area contributed by atoms with Crippen LogP contribution in [0.5, 0.6) is 0 Å². The van der Waals surface area contributed by atoms with Gasteiger partial charge in [0.2, 0.25) is 5.91 Å². The Hall–Kier alpha value is -3.53. The first-order valence-corrected chi connectivity index (χ1v) is 12.6. The SMILES string of the molecule is O=C(Nc1ccc(-c2ccccc2)cc1)C1CC2(CCC(c3ccnc4ccc(F)cc34)CC2)C1. The Morgan fingerprint density at radius 1 is 0.886 bits per heavy atom. The zero-order chi connectivity index (χ0) is 23.8. The molecule has 1 spiro atoms. The number of pyridine rings is 1. The first kappa shape index (κ1) is 22.0. The van der Waals surface area contributed by atoms with E-state index < -0.39 is 0 Å². The Kier molecular flexibility index (Phi) is 5.60. The largest absolute Gasteiger partial charge is 0.326 e. The van der Waals surface area contributed by atoms with Gasteiger partial charge in [-0.2, -0.15) is 0 Å². The molecule has 3 nitrogen and oxygen atoms in total. The van der Waals surface area contributed by atoms with Gasteiger partial charge in [0.1, 0.15) is 5.82 Å². The number of hydrogen-bond acceptors (Lipinski definition) is 2. The van der Waals surface area contributed by atoms with E-state index in [1.54, 1.807) is 12.1 Å². The number of carbonyl (C=O) groups is 1. The van der Waals surface area contributed by atoms with Gasteiger partial charge in [-0.05, 0) is 103 Å². The van der Waals surface area contributed by atoms with E-state index in [-0.39, 0.29) is 17.6 Å². The van der Waals surface area contributed by atoms with Gasteiger partial charge in [-0.25, -0.2) is 4.39 Å². The van der Waals surface area contributed by atoms with Crippen molar-refractivity contribution in [2.75, 3.05) is 5.32 Å². The van der Waals surface area contributed by atoms with Gasteiger partial charge in [0, 0.05) is 23.2 Å². The molecule has 1 amide bonds. The maximum absolute atomic E-state index is 13.9. The molecule has 1 aromatic heterocycles. The molecule has 4 heteroatoms. The third-order valence-electron chi connectivity index (χ3n) is 8.21. The predicted octanol–water partition coefficient (Wildman–Crippen LogP) is 7.73. The fourth-order valence-corrected chi connectivity index (χ4v) is 6.24. The molecule has 4 aromatic rings. The second kappa shape index (κ2) is 8.92. The van der Waals surface area contributed by atoms with E-state index in [9.17, 15) is 9.18 Å². The van der Waals surface area contributed by atoms with Crippen molar-refractivity contribution in [2.24, 2.45) is 11.3 Å². The number of rotatable bonds is 4. The Labute approximate surface area is 205 Å². The molecule has 2 aliphatic carbocycles. The topological polar surface area (TPSA) is 42.0 Å². The summed E-state index contributed by atoms with van der Waals surface area (Å²) in [6, 6.07) is 25.3. The molecule has 0 bridgehead atoms. The number of aromatic nitrogens is 1. The van der Waals surface area contributed by atoms with Crippen molar-refractivity contribution >= 4 is 22.5 Å². The monoisotopic (exact) mass is 464 g/mol. The van der Waals surface area contributed by atoms with Crippen molar-refractivity contribution in [1.29, 1.82) is 0 Å². The summed E-state index contributed by atoms with van der Waals surface area (Å²) in [5.41, 5.74) is 5.55. The van der Waals surface area contributed by atoms with Crippen LogP contribution in [0.2, 0.25) is 0 Å². The van der Waals surface area contributed by atoms with Crippen LogP contribution in [0.15, 0.2) is 85.1 Å². The summed E-state index contributed by atoms with van der Waals surface area (Å²) in [7, 11) is 0. The van der Waals surface area contributed by atoms with Gasteiger partial charge in [-0.1, -0.05) is 42.5 Å². The molecule has 2 fully saturated rings. The molecule has 35 heavy (non-hydrogen) atoms. The highest BCUT2D eigenvalue weighted by Crippen LogP contribution is 2.57.